The van der Waals surface area contributed by atoms with Gasteiger partial charge in [0.2, 0.25) is 0 Å². The molecule has 0 atom stereocenters. The molecule has 206 valence electrons. The van der Waals surface area contributed by atoms with Crippen LogP contribution in [0.25, 0.3) is 10.9 Å². The zero-order valence-corrected chi connectivity index (χ0v) is 23.9. The minimum Gasteiger partial charge on any atom is -0.494 e. The highest BCUT2D eigenvalue weighted by Gasteiger charge is 2.51. The van der Waals surface area contributed by atoms with Crippen molar-refractivity contribution >= 4 is 34.9 Å². The van der Waals surface area contributed by atoms with E-state index in [2.05, 4.69) is 34.1 Å². The number of nitrogens with zero attached hydrogens (tertiary/aromatic N) is 2. The minimum atomic E-state index is -0.478. The summed E-state index contributed by atoms with van der Waals surface area (Å²) in [5, 5.41) is 12.1. The fourth-order valence-corrected chi connectivity index (χ4v) is 5.61. The predicted molar refractivity (Wildman–Crippen MR) is 163 cm³/mol. The number of rotatable bonds is 6. The summed E-state index contributed by atoms with van der Waals surface area (Å²) in [5.41, 5.74) is 5.35. The van der Waals surface area contributed by atoms with E-state index in [1.54, 1.807) is 0 Å². The number of piperidine rings is 1. The van der Waals surface area contributed by atoms with Gasteiger partial charge in [0.15, 0.2) is 5.88 Å². The molecule has 0 unspecified atom stereocenters. The molecule has 0 saturated carbocycles. The van der Waals surface area contributed by atoms with Gasteiger partial charge in [0.1, 0.15) is 0 Å². The maximum Gasteiger partial charge on any atom is 0.494 e. The fraction of sp³-hybridized carbons (Fsp3) is 0.364. The highest BCUT2D eigenvalue weighted by molar-refractivity contribution is 6.62. The number of aromatic hydroxyl groups is 1. The van der Waals surface area contributed by atoms with Crippen LogP contribution < -0.4 is 5.46 Å². The highest BCUT2D eigenvalue weighted by Crippen LogP contribution is 2.37. The zero-order chi connectivity index (χ0) is 27.9. The Labute approximate surface area is 237 Å². The largest absolute Gasteiger partial charge is 0.494 e. The van der Waals surface area contributed by atoms with Crippen LogP contribution >= 0.6 is 0 Å². The molecule has 0 bridgehead atoms. The fourth-order valence-electron chi connectivity index (χ4n) is 5.61. The molecule has 0 amide bonds. The lowest BCUT2D eigenvalue weighted by atomic mass is 9.78. The lowest BCUT2D eigenvalue weighted by Gasteiger charge is -2.32. The lowest BCUT2D eigenvalue weighted by molar-refractivity contribution is 0.00578. The molecular weight excluding hydrogens is 497 g/mol. The number of hydrogen-bond acceptors (Lipinski definition) is 5. The van der Waals surface area contributed by atoms with Crippen LogP contribution in [-0.4, -0.2) is 52.1 Å². The molecule has 6 rings (SSSR count). The molecule has 3 heterocycles. The average Bonchev–Trinajstić information content (AvgIpc) is 3.39. The minimum absolute atomic E-state index is 0.0883. The molecule has 2 aliphatic heterocycles. The van der Waals surface area contributed by atoms with Gasteiger partial charge in [-0.2, -0.15) is 0 Å². The smallest absolute Gasteiger partial charge is 0.494 e. The Balaban J connectivity index is 1.35. The summed E-state index contributed by atoms with van der Waals surface area (Å²) in [5.74, 6) is 0.0883. The van der Waals surface area contributed by atoms with Gasteiger partial charge in [0.05, 0.1) is 28.2 Å². The van der Waals surface area contributed by atoms with E-state index in [0.29, 0.717) is 5.56 Å². The number of nitrogens with one attached hydrogen (secondary N) is 1. The first-order chi connectivity index (χ1) is 19.2. The van der Waals surface area contributed by atoms with E-state index in [0.717, 1.165) is 39.9 Å². The maximum absolute atomic E-state index is 11.2. The number of hydrogen-bond donors (Lipinski definition) is 2. The van der Waals surface area contributed by atoms with Gasteiger partial charge in [0.25, 0.3) is 0 Å². The number of fused-ring (bicyclic) bond motifs is 1. The molecule has 0 aliphatic carbocycles. The normalized spacial score (nSPS) is 19.4. The van der Waals surface area contributed by atoms with Crippen LogP contribution in [-0.2, 0) is 15.9 Å². The van der Waals surface area contributed by atoms with E-state index in [1.807, 2.05) is 76.2 Å². The number of benzene rings is 3. The van der Waals surface area contributed by atoms with E-state index < -0.39 is 18.3 Å². The third-order valence-corrected chi connectivity index (χ3v) is 8.64. The van der Waals surface area contributed by atoms with Crippen molar-refractivity contribution in [1.82, 2.24) is 9.88 Å². The van der Waals surface area contributed by atoms with Gasteiger partial charge in [-0.3, -0.25) is 4.90 Å². The predicted octanol–water partition coefficient (Wildman–Crippen LogP) is 6.33. The average molecular weight is 535 g/mol. The first-order valence-electron chi connectivity index (χ1n) is 14.4. The molecule has 2 aliphatic rings. The van der Waals surface area contributed by atoms with Crippen molar-refractivity contribution in [3.63, 3.8) is 0 Å². The molecule has 7 heteroatoms. The van der Waals surface area contributed by atoms with E-state index in [1.165, 1.54) is 37.9 Å². The van der Waals surface area contributed by atoms with Crippen molar-refractivity contribution in [3.05, 3.63) is 89.5 Å². The van der Waals surface area contributed by atoms with Crippen molar-refractivity contribution in [3.8, 4) is 5.88 Å². The molecule has 4 aromatic rings. The van der Waals surface area contributed by atoms with Gasteiger partial charge in [-0.25, -0.2) is 4.99 Å². The molecule has 0 radical (unpaired) electrons. The van der Waals surface area contributed by atoms with Crippen molar-refractivity contribution in [2.24, 2.45) is 4.99 Å². The summed E-state index contributed by atoms with van der Waals surface area (Å²) in [7, 11) is -0.478. The van der Waals surface area contributed by atoms with Gasteiger partial charge in [-0.05, 0) is 82.9 Å². The third kappa shape index (κ3) is 5.21. The van der Waals surface area contributed by atoms with Crippen LogP contribution in [0.3, 0.4) is 0 Å². The Kier molecular flexibility index (Phi) is 7.07. The number of aliphatic imine (C=N–C) groups is 1. The summed E-state index contributed by atoms with van der Waals surface area (Å²) in [6, 6.07) is 24.5. The third-order valence-electron chi connectivity index (χ3n) is 8.64. The van der Waals surface area contributed by atoms with Crippen LogP contribution in [0.1, 0.15) is 63.6 Å². The Morgan fingerprint density at radius 1 is 0.900 bits per heavy atom. The number of H-pyrrole nitrogens is 1. The van der Waals surface area contributed by atoms with Gasteiger partial charge in [0, 0.05) is 23.0 Å². The number of aromatic nitrogens is 1. The lowest BCUT2D eigenvalue weighted by Crippen LogP contribution is -2.41. The van der Waals surface area contributed by atoms with Crippen molar-refractivity contribution in [1.29, 1.82) is 0 Å². The molecule has 1 aromatic heterocycles. The van der Waals surface area contributed by atoms with E-state index in [9.17, 15) is 5.11 Å². The monoisotopic (exact) mass is 535 g/mol. The SMILES string of the molecule is CC1(C)OB(c2ccc3c(C(=Nc4ccc(CN5CCCCC5)cc4)c4ccccc4)c(O)[nH]c3c2)OC1(C)C. The van der Waals surface area contributed by atoms with Crippen LogP contribution in [0.5, 0.6) is 5.88 Å². The van der Waals surface area contributed by atoms with E-state index in [4.69, 9.17) is 14.3 Å². The van der Waals surface area contributed by atoms with E-state index in [-0.39, 0.29) is 5.88 Å². The molecule has 2 N–H and O–H groups in total. The first-order valence-corrected chi connectivity index (χ1v) is 14.4. The summed E-state index contributed by atoms with van der Waals surface area (Å²) in [4.78, 5) is 10.8. The van der Waals surface area contributed by atoms with Gasteiger partial charge < -0.3 is 19.4 Å². The second kappa shape index (κ2) is 10.5. The van der Waals surface area contributed by atoms with Gasteiger partial charge >= 0.3 is 7.12 Å². The molecular formula is C33H38BN3O3. The van der Waals surface area contributed by atoms with E-state index >= 15 is 0 Å². The van der Waals surface area contributed by atoms with Crippen LogP contribution in [0.4, 0.5) is 5.69 Å². The van der Waals surface area contributed by atoms with Crippen LogP contribution in [0.15, 0.2) is 77.8 Å². The second-order valence-electron chi connectivity index (χ2n) is 12.1. The summed E-state index contributed by atoms with van der Waals surface area (Å²) in [6.07, 6.45) is 3.91. The standard InChI is InChI=1S/C33H38BN3O3/c1-32(2)33(3,4)40-34(39-32)25-15-18-27-28(21-25)36-31(38)29(27)30(24-11-7-5-8-12-24)35-26-16-13-23(14-17-26)22-37-19-9-6-10-20-37/h5,7-8,11-18,21,36,38H,6,9-10,19-20,22H2,1-4H3. The van der Waals surface area contributed by atoms with Gasteiger partial charge in [-0.15, -0.1) is 0 Å². The quantitative estimate of drug-likeness (QED) is 0.224. The van der Waals surface area contributed by atoms with Crippen LogP contribution in [0, 0.1) is 0 Å². The summed E-state index contributed by atoms with van der Waals surface area (Å²) in [6.45, 7) is 11.5. The molecule has 2 fully saturated rings. The maximum atomic E-state index is 11.2. The Morgan fingerprint density at radius 2 is 1.57 bits per heavy atom. The van der Waals surface area contributed by atoms with Crippen LogP contribution in [0.2, 0.25) is 0 Å². The molecule has 0 spiro atoms. The zero-order valence-electron chi connectivity index (χ0n) is 23.9. The molecule has 40 heavy (non-hydrogen) atoms. The van der Waals surface area contributed by atoms with Crippen molar-refractivity contribution < 1.29 is 14.4 Å². The molecule has 2 saturated heterocycles. The van der Waals surface area contributed by atoms with Crippen molar-refractivity contribution in [2.75, 3.05) is 13.1 Å². The van der Waals surface area contributed by atoms with Crippen molar-refractivity contribution in [2.45, 2.75) is 64.7 Å². The highest BCUT2D eigenvalue weighted by atomic mass is 16.7. The Hall–Kier alpha value is -3.39. The number of aromatic amines is 1. The summed E-state index contributed by atoms with van der Waals surface area (Å²) < 4.78 is 12.5. The second-order valence-corrected chi connectivity index (χ2v) is 12.1. The van der Waals surface area contributed by atoms with Gasteiger partial charge in [-0.1, -0.05) is 61.0 Å². The molecule has 6 nitrogen and oxygen atoms in total. The number of likely N-dealkylation sites (tertiary alicyclic amines) is 1. The first kappa shape index (κ1) is 26.8. The Bertz CT molecular complexity index is 1500. The Morgan fingerprint density at radius 3 is 2.25 bits per heavy atom. The molecule has 3 aromatic carbocycles. The topological polar surface area (TPSA) is 70.1 Å². The summed E-state index contributed by atoms with van der Waals surface area (Å²) >= 11 is 0.